The van der Waals surface area contributed by atoms with Gasteiger partial charge in [0.2, 0.25) is 0 Å². The monoisotopic (exact) mass is 268 g/mol. The smallest absolute Gasteiger partial charge is 0.250 e. The van der Waals surface area contributed by atoms with Gasteiger partial charge in [0.05, 0.1) is 6.61 Å². The first-order valence-corrected chi connectivity index (χ1v) is 9.20. The van der Waals surface area contributed by atoms with Crippen LogP contribution in [0.4, 0.5) is 0 Å². The van der Waals surface area contributed by atoms with Crippen molar-refractivity contribution in [3.63, 3.8) is 0 Å². The average molecular weight is 268 g/mol. The van der Waals surface area contributed by atoms with Crippen molar-refractivity contribution in [3.8, 4) is 11.5 Å². The number of rotatable bonds is 5. The van der Waals surface area contributed by atoms with E-state index in [1.807, 2.05) is 24.3 Å². The van der Waals surface area contributed by atoms with Crippen molar-refractivity contribution in [2.24, 2.45) is 0 Å². The van der Waals surface area contributed by atoms with Gasteiger partial charge in [0.1, 0.15) is 12.4 Å². The van der Waals surface area contributed by atoms with Crippen molar-refractivity contribution in [3.05, 3.63) is 24.3 Å². The minimum atomic E-state index is -1.86. The van der Waals surface area contributed by atoms with Gasteiger partial charge >= 0.3 is 0 Å². The van der Waals surface area contributed by atoms with Gasteiger partial charge in [-0.3, -0.25) is 0 Å². The molecule has 0 atom stereocenters. The zero-order chi connectivity index (χ0) is 13.8. The fourth-order valence-electron chi connectivity index (χ4n) is 1.24. The number of aliphatic hydroxyl groups excluding tert-OH is 1. The Hall–Kier alpha value is -1.00. The van der Waals surface area contributed by atoms with Crippen LogP contribution < -0.4 is 9.16 Å². The van der Waals surface area contributed by atoms with Gasteiger partial charge in [-0.2, -0.15) is 0 Å². The molecule has 0 aromatic heterocycles. The zero-order valence-electron chi connectivity index (χ0n) is 12.0. The molecule has 0 radical (unpaired) electrons. The van der Waals surface area contributed by atoms with Crippen LogP contribution >= 0.6 is 0 Å². The van der Waals surface area contributed by atoms with E-state index in [1.54, 1.807) is 0 Å². The summed E-state index contributed by atoms with van der Waals surface area (Å²) in [5.41, 5.74) is 0. The molecule has 0 aliphatic heterocycles. The van der Waals surface area contributed by atoms with Gasteiger partial charge < -0.3 is 14.3 Å². The lowest BCUT2D eigenvalue weighted by Crippen LogP contribution is -2.43. The van der Waals surface area contributed by atoms with Crippen LogP contribution in [0.1, 0.15) is 20.8 Å². The molecule has 0 heterocycles. The third-order valence-corrected chi connectivity index (χ3v) is 7.71. The fourth-order valence-corrected chi connectivity index (χ4v) is 2.26. The molecule has 102 valence electrons. The maximum atomic E-state index is 8.82. The lowest BCUT2D eigenvalue weighted by Gasteiger charge is -2.36. The van der Waals surface area contributed by atoms with E-state index in [1.165, 1.54) is 0 Å². The number of hydrogen-bond acceptors (Lipinski definition) is 3. The number of aliphatic hydroxyl groups is 1. The highest BCUT2D eigenvalue weighted by Gasteiger charge is 2.39. The molecule has 0 saturated carbocycles. The molecular weight excluding hydrogens is 244 g/mol. The van der Waals surface area contributed by atoms with Crippen molar-refractivity contribution in [1.82, 2.24) is 0 Å². The summed E-state index contributed by atoms with van der Waals surface area (Å²) in [6, 6.07) is 7.64. The second-order valence-corrected chi connectivity index (χ2v) is 10.6. The van der Waals surface area contributed by atoms with Gasteiger partial charge in [-0.1, -0.05) is 32.9 Å². The van der Waals surface area contributed by atoms with Gasteiger partial charge in [-0.15, -0.1) is 0 Å². The first-order chi connectivity index (χ1) is 8.28. The van der Waals surface area contributed by atoms with Crippen LogP contribution in [0.2, 0.25) is 18.1 Å². The molecule has 0 spiro atoms. The third kappa shape index (κ3) is 3.75. The summed E-state index contributed by atoms with van der Waals surface area (Å²) in [5.74, 6) is 1.48. The van der Waals surface area contributed by atoms with Crippen LogP contribution in [0.5, 0.6) is 11.5 Å². The summed E-state index contributed by atoms with van der Waals surface area (Å²) in [4.78, 5) is 0. The molecule has 0 aliphatic carbocycles. The van der Waals surface area contributed by atoms with Crippen molar-refractivity contribution >= 4 is 8.32 Å². The predicted octanol–water partition coefficient (Wildman–Crippen LogP) is 3.44. The third-order valence-electron chi connectivity index (χ3n) is 3.37. The second-order valence-electron chi connectivity index (χ2n) is 5.88. The minimum absolute atomic E-state index is 0.00836. The van der Waals surface area contributed by atoms with Crippen LogP contribution in [0.25, 0.3) is 0 Å². The van der Waals surface area contributed by atoms with E-state index < -0.39 is 8.32 Å². The van der Waals surface area contributed by atoms with Gasteiger partial charge in [0, 0.05) is 0 Å². The van der Waals surface area contributed by atoms with E-state index in [0.29, 0.717) is 5.75 Å². The van der Waals surface area contributed by atoms with Gasteiger partial charge in [0.15, 0.2) is 5.75 Å². The Morgan fingerprint density at radius 2 is 1.67 bits per heavy atom. The summed E-state index contributed by atoms with van der Waals surface area (Å²) in [6.45, 7) is 11.3. The minimum Gasteiger partial charge on any atom is -0.541 e. The molecule has 0 aliphatic rings. The highest BCUT2D eigenvalue weighted by Crippen LogP contribution is 2.39. The van der Waals surface area contributed by atoms with Gasteiger partial charge in [-0.05, 0) is 30.3 Å². The number of ether oxygens (including phenoxy) is 1. The Kier molecular flexibility index (Phi) is 4.82. The van der Waals surface area contributed by atoms with E-state index in [0.717, 1.165) is 5.75 Å². The lowest BCUT2D eigenvalue weighted by atomic mass is 10.2. The quantitative estimate of drug-likeness (QED) is 0.831. The van der Waals surface area contributed by atoms with E-state index in [-0.39, 0.29) is 18.3 Å². The molecule has 3 nitrogen and oxygen atoms in total. The molecule has 0 fully saturated rings. The summed E-state index contributed by atoms with van der Waals surface area (Å²) in [7, 11) is -1.86. The molecule has 4 heteroatoms. The normalized spacial score (nSPS) is 12.3. The number of hydrogen-bond donors (Lipinski definition) is 1. The number of benzene rings is 1. The fraction of sp³-hybridized carbons (Fsp3) is 0.571. The maximum Gasteiger partial charge on any atom is 0.250 e. The Balaban J connectivity index is 2.90. The second kappa shape index (κ2) is 5.76. The summed E-state index contributed by atoms with van der Waals surface area (Å²) >= 11 is 0. The van der Waals surface area contributed by atoms with Crippen LogP contribution in [0, 0.1) is 0 Å². The Morgan fingerprint density at radius 3 is 2.17 bits per heavy atom. The van der Waals surface area contributed by atoms with E-state index in [4.69, 9.17) is 14.3 Å². The van der Waals surface area contributed by atoms with Crippen LogP contribution in [0.3, 0.4) is 0 Å². The van der Waals surface area contributed by atoms with E-state index >= 15 is 0 Å². The van der Waals surface area contributed by atoms with E-state index in [2.05, 4.69) is 33.9 Å². The highest BCUT2D eigenvalue weighted by molar-refractivity contribution is 6.74. The van der Waals surface area contributed by atoms with Crippen molar-refractivity contribution in [2.45, 2.75) is 38.9 Å². The molecule has 0 amide bonds. The maximum absolute atomic E-state index is 8.82. The first kappa shape index (κ1) is 15.1. The molecule has 1 aromatic carbocycles. The Labute approximate surface area is 111 Å². The van der Waals surface area contributed by atoms with Crippen molar-refractivity contribution < 1.29 is 14.3 Å². The van der Waals surface area contributed by atoms with E-state index in [9.17, 15) is 0 Å². The summed E-state index contributed by atoms with van der Waals surface area (Å²) in [5, 5.41) is 8.97. The summed E-state index contributed by atoms with van der Waals surface area (Å²) < 4.78 is 11.7. The average Bonchev–Trinajstić information content (AvgIpc) is 2.26. The first-order valence-electron chi connectivity index (χ1n) is 6.29. The molecule has 1 rings (SSSR count). The number of para-hydroxylation sites is 2. The van der Waals surface area contributed by atoms with Crippen molar-refractivity contribution in [1.29, 1.82) is 0 Å². The van der Waals surface area contributed by atoms with Gasteiger partial charge in [0.25, 0.3) is 8.32 Å². The van der Waals surface area contributed by atoms with Crippen LogP contribution in [-0.4, -0.2) is 26.6 Å². The standard InChI is InChI=1S/C14H24O3Si/c1-14(2,3)18(4,5)17-13-9-7-6-8-12(13)16-11-10-15/h6-9,15H,10-11H2,1-5H3. The van der Waals surface area contributed by atoms with Gasteiger partial charge in [-0.25, -0.2) is 0 Å². The molecule has 0 saturated heterocycles. The molecule has 0 bridgehead atoms. The zero-order valence-corrected chi connectivity index (χ0v) is 13.0. The molecule has 1 aromatic rings. The summed E-state index contributed by atoms with van der Waals surface area (Å²) in [6.07, 6.45) is 0. The Morgan fingerprint density at radius 1 is 1.11 bits per heavy atom. The SMILES string of the molecule is CC(C)(C)[Si](C)(C)Oc1ccccc1OCCO. The lowest BCUT2D eigenvalue weighted by molar-refractivity contribution is 0.198. The van der Waals surface area contributed by atoms with Crippen LogP contribution in [-0.2, 0) is 0 Å². The molecular formula is C14H24O3Si. The molecule has 0 unspecified atom stereocenters. The Bertz CT molecular complexity index is 383. The largest absolute Gasteiger partial charge is 0.541 e. The highest BCUT2D eigenvalue weighted by atomic mass is 28.4. The topological polar surface area (TPSA) is 38.7 Å². The van der Waals surface area contributed by atoms with Crippen molar-refractivity contribution in [2.75, 3.05) is 13.2 Å². The van der Waals surface area contributed by atoms with Crippen LogP contribution in [0.15, 0.2) is 24.3 Å². The molecule has 1 N–H and O–H groups in total. The molecule has 18 heavy (non-hydrogen) atoms. The predicted molar refractivity (Wildman–Crippen MR) is 76.8 cm³/mol.